The fourth-order valence-electron chi connectivity index (χ4n) is 3.57. The monoisotopic (exact) mass is 303 g/mol. The smallest absolute Gasteiger partial charge is 0.230 e. The van der Waals surface area contributed by atoms with Gasteiger partial charge >= 0.3 is 0 Å². The van der Waals surface area contributed by atoms with Gasteiger partial charge in [0.15, 0.2) is 5.79 Å². The molecular weight excluding hydrogens is 278 g/mol. The van der Waals surface area contributed by atoms with Crippen molar-refractivity contribution in [2.75, 3.05) is 19.8 Å². The molecule has 1 aliphatic heterocycles. The van der Waals surface area contributed by atoms with E-state index in [1.165, 1.54) is 0 Å². The molecule has 1 aliphatic carbocycles. The second-order valence-corrected chi connectivity index (χ2v) is 6.52. The topological polar surface area (TPSA) is 47.6 Å². The third-order valence-corrected chi connectivity index (χ3v) is 4.89. The minimum absolute atomic E-state index is 0.107. The SMILES string of the molecule is CC1(CNC(=O)C2(c3ccccc3)CCCC2)OCCCO1. The summed E-state index contributed by atoms with van der Waals surface area (Å²) in [6.07, 6.45) is 4.96. The van der Waals surface area contributed by atoms with Crippen LogP contribution in [0.15, 0.2) is 30.3 Å². The Morgan fingerprint density at radius 3 is 2.36 bits per heavy atom. The second kappa shape index (κ2) is 6.39. The summed E-state index contributed by atoms with van der Waals surface area (Å²) >= 11 is 0. The number of carbonyl (C=O) groups is 1. The number of benzene rings is 1. The molecule has 0 aromatic heterocycles. The van der Waals surface area contributed by atoms with Gasteiger partial charge in [-0.25, -0.2) is 0 Å². The lowest BCUT2D eigenvalue weighted by molar-refractivity contribution is -0.252. The molecule has 1 amide bonds. The van der Waals surface area contributed by atoms with Crippen LogP contribution in [0.25, 0.3) is 0 Å². The average molecular weight is 303 g/mol. The van der Waals surface area contributed by atoms with Crippen molar-refractivity contribution in [3.8, 4) is 0 Å². The van der Waals surface area contributed by atoms with Crippen LogP contribution in [0.2, 0.25) is 0 Å². The summed E-state index contributed by atoms with van der Waals surface area (Å²) in [5.41, 5.74) is 0.743. The van der Waals surface area contributed by atoms with Gasteiger partial charge in [0.05, 0.1) is 25.2 Å². The van der Waals surface area contributed by atoms with Crippen molar-refractivity contribution in [1.82, 2.24) is 5.32 Å². The third kappa shape index (κ3) is 3.03. The summed E-state index contributed by atoms with van der Waals surface area (Å²) in [5, 5.41) is 3.09. The summed E-state index contributed by atoms with van der Waals surface area (Å²) in [6, 6.07) is 10.2. The molecule has 3 rings (SSSR count). The van der Waals surface area contributed by atoms with Crippen LogP contribution in [0, 0.1) is 0 Å². The van der Waals surface area contributed by atoms with E-state index in [-0.39, 0.29) is 11.3 Å². The van der Waals surface area contributed by atoms with Gasteiger partial charge in [0.25, 0.3) is 0 Å². The molecule has 0 spiro atoms. The number of ether oxygens (including phenoxy) is 2. The maximum atomic E-state index is 12.9. The predicted octanol–water partition coefficient (Wildman–Crippen LogP) is 2.77. The minimum Gasteiger partial charge on any atom is -0.350 e. The molecule has 1 heterocycles. The number of hydrogen-bond acceptors (Lipinski definition) is 3. The van der Waals surface area contributed by atoms with Crippen LogP contribution in [0.5, 0.6) is 0 Å². The fourth-order valence-corrected chi connectivity index (χ4v) is 3.57. The lowest BCUT2D eigenvalue weighted by Gasteiger charge is -2.36. The molecule has 2 aliphatic rings. The van der Waals surface area contributed by atoms with Crippen LogP contribution < -0.4 is 5.32 Å². The van der Waals surface area contributed by atoms with Gasteiger partial charge < -0.3 is 14.8 Å². The van der Waals surface area contributed by atoms with E-state index in [1.54, 1.807) is 0 Å². The average Bonchev–Trinajstić information content (AvgIpc) is 3.05. The molecule has 0 radical (unpaired) electrons. The van der Waals surface area contributed by atoms with Crippen LogP contribution in [-0.2, 0) is 19.7 Å². The summed E-state index contributed by atoms with van der Waals surface area (Å²) in [5.74, 6) is -0.583. The molecule has 4 heteroatoms. The van der Waals surface area contributed by atoms with Crippen LogP contribution in [0.3, 0.4) is 0 Å². The molecule has 1 aromatic rings. The second-order valence-electron chi connectivity index (χ2n) is 6.52. The van der Waals surface area contributed by atoms with E-state index in [9.17, 15) is 4.79 Å². The Labute approximate surface area is 132 Å². The van der Waals surface area contributed by atoms with E-state index in [0.717, 1.165) is 37.7 Å². The molecule has 1 saturated carbocycles. The van der Waals surface area contributed by atoms with E-state index in [0.29, 0.717) is 19.8 Å². The molecule has 2 fully saturated rings. The molecule has 0 atom stereocenters. The van der Waals surface area contributed by atoms with Crippen molar-refractivity contribution in [2.24, 2.45) is 0 Å². The fraction of sp³-hybridized carbons (Fsp3) is 0.611. The van der Waals surface area contributed by atoms with E-state index in [4.69, 9.17) is 9.47 Å². The summed E-state index contributed by atoms with van der Waals surface area (Å²) in [6.45, 7) is 3.68. The molecule has 0 unspecified atom stereocenters. The molecule has 120 valence electrons. The first-order chi connectivity index (χ1) is 10.6. The van der Waals surface area contributed by atoms with Gasteiger partial charge in [-0.15, -0.1) is 0 Å². The first kappa shape index (κ1) is 15.5. The molecule has 4 nitrogen and oxygen atoms in total. The van der Waals surface area contributed by atoms with Crippen molar-refractivity contribution in [2.45, 2.75) is 50.2 Å². The first-order valence-corrected chi connectivity index (χ1v) is 8.26. The number of hydrogen-bond donors (Lipinski definition) is 1. The van der Waals surface area contributed by atoms with Crippen molar-refractivity contribution in [1.29, 1.82) is 0 Å². The van der Waals surface area contributed by atoms with Gasteiger partial charge in [0, 0.05) is 0 Å². The molecule has 0 bridgehead atoms. The Hall–Kier alpha value is -1.39. The Kier molecular flexibility index (Phi) is 4.50. The number of nitrogens with one attached hydrogen (secondary N) is 1. The molecular formula is C18H25NO3. The third-order valence-electron chi connectivity index (χ3n) is 4.89. The summed E-state index contributed by atoms with van der Waals surface area (Å²) in [4.78, 5) is 12.9. The highest BCUT2D eigenvalue weighted by atomic mass is 16.7. The maximum absolute atomic E-state index is 12.9. The quantitative estimate of drug-likeness (QED) is 0.930. The highest BCUT2D eigenvalue weighted by Crippen LogP contribution is 2.41. The standard InChI is InChI=1S/C18H25NO3/c1-17(21-12-7-13-22-17)14-19-16(20)18(10-5-6-11-18)15-8-3-2-4-9-15/h2-4,8-9H,5-7,10-14H2,1H3,(H,19,20). The van der Waals surface area contributed by atoms with Crippen LogP contribution >= 0.6 is 0 Å². The number of rotatable bonds is 4. The summed E-state index contributed by atoms with van der Waals surface area (Å²) in [7, 11) is 0. The zero-order valence-corrected chi connectivity index (χ0v) is 13.3. The van der Waals surface area contributed by atoms with Crippen molar-refractivity contribution >= 4 is 5.91 Å². The van der Waals surface area contributed by atoms with E-state index >= 15 is 0 Å². The zero-order chi connectivity index (χ0) is 15.5. The Morgan fingerprint density at radius 1 is 1.09 bits per heavy atom. The molecule has 22 heavy (non-hydrogen) atoms. The summed E-state index contributed by atoms with van der Waals surface area (Å²) < 4.78 is 11.4. The van der Waals surface area contributed by atoms with Crippen LogP contribution in [0.4, 0.5) is 0 Å². The van der Waals surface area contributed by atoms with E-state index in [2.05, 4.69) is 17.4 Å². The highest BCUT2D eigenvalue weighted by Gasteiger charge is 2.43. The number of carbonyl (C=O) groups excluding carboxylic acids is 1. The Bertz CT molecular complexity index is 502. The van der Waals surface area contributed by atoms with Crippen molar-refractivity contribution < 1.29 is 14.3 Å². The predicted molar refractivity (Wildman–Crippen MR) is 84.5 cm³/mol. The zero-order valence-electron chi connectivity index (χ0n) is 13.3. The Balaban J connectivity index is 1.71. The minimum atomic E-state index is -0.690. The van der Waals surface area contributed by atoms with E-state index in [1.807, 2.05) is 25.1 Å². The largest absolute Gasteiger partial charge is 0.350 e. The number of amides is 1. The van der Waals surface area contributed by atoms with Gasteiger partial charge in [-0.05, 0) is 31.7 Å². The normalized spacial score (nSPS) is 23.1. The van der Waals surface area contributed by atoms with Crippen molar-refractivity contribution in [3.63, 3.8) is 0 Å². The van der Waals surface area contributed by atoms with Gasteiger partial charge in [0.2, 0.25) is 5.91 Å². The molecule has 1 N–H and O–H groups in total. The lowest BCUT2D eigenvalue weighted by Crippen LogP contribution is -2.51. The van der Waals surface area contributed by atoms with Gasteiger partial charge in [-0.1, -0.05) is 43.2 Å². The van der Waals surface area contributed by atoms with Crippen LogP contribution in [0.1, 0.15) is 44.6 Å². The lowest BCUT2D eigenvalue weighted by atomic mass is 9.78. The van der Waals surface area contributed by atoms with Crippen LogP contribution in [-0.4, -0.2) is 31.5 Å². The van der Waals surface area contributed by atoms with E-state index < -0.39 is 5.79 Å². The van der Waals surface area contributed by atoms with Gasteiger partial charge in [0.1, 0.15) is 0 Å². The van der Waals surface area contributed by atoms with Crippen molar-refractivity contribution in [3.05, 3.63) is 35.9 Å². The molecule has 1 aromatic carbocycles. The first-order valence-electron chi connectivity index (χ1n) is 8.26. The van der Waals surface area contributed by atoms with Gasteiger partial charge in [-0.3, -0.25) is 4.79 Å². The maximum Gasteiger partial charge on any atom is 0.230 e. The molecule has 1 saturated heterocycles. The van der Waals surface area contributed by atoms with Gasteiger partial charge in [-0.2, -0.15) is 0 Å². The Morgan fingerprint density at radius 2 is 1.73 bits per heavy atom. The highest BCUT2D eigenvalue weighted by molar-refractivity contribution is 5.88.